The zero-order valence-electron chi connectivity index (χ0n) is 28.7. The Hall–Kier alpha value is -3.44. The fourth-order valence-corrected chi connectivity index (χ4v) is 13.3. The Balaban J connectivity index is 0.000000167. The van der Waals surface area contributed by atoms with Gasteiger partial charge in [-0.2, -0.15) is 0 Å². The van der Waals surface area contributed by atoms with Gasteiger partial charge < -0.3 is 14.4 Å². The summed E-state index contributed by atoms with van der Waals surface area (Å²) < 4.78 is 121. The zero-order chi connectivity index (χ0) is 38.8. The molecule has 0 spiro atoms. The molecule has 0 aromatic heterocycles. The van der Waals surface area contributed by atoms with E-state index in [2.05, 4.69) is 0 Å². The lowest BCUT2D eigenvalue weighted by Crippen LogP contribution is -2.59. The van der Waals surface area contributed by atoms with Crippen LogP contribution < -0.4 is 15.3 Å². The van der Waals surface area contributed by atoms with E-state index in [0.29, 0.717) is 23.1 Å². The van der Waals surface area contributed by atoms with Gasteiger partial charge in [0.25, 0.3) is 0 Å². The van der Waals surface area contributed by atoms with Gasteiger partial charge >= 0.3 is 0 Å². The van der Waals surface area contributed by atoms with Crippen LogP contribution in [0.3, 0.4) is 0 Å². The van der Waals surface area contributed by atoms with E-state index in [1.165, 1.54) is 53.5 Å². The van der Waals surface area contributed by atoms with Crippen LogP contribution >= 0.6 is 23.2 Å². The second-order valence-corrected chi connectivity index (χ2v) is 19.2. The summed E-state index contributed by atoms with van der Waals surface area (Å²) in [7, 11) is -6.28. The van der Waals surface area contributed by atoms with Crippen molar-refractivity contribution in [2.24, 2.45) is 17.7 Å². The van der Waals surface area contributed by atoms with E-state index in [4.69, 9.17) is 38.5 Å². The van der Waals surface area contributed by atoms with E-state index < -0.39 is 64.3 Å². The molecule has 0 radical (unpaired) electrons. The van der Waals surface area contributed by atoms with Crippen molar-refractivity contribution in [3.63, 3.8) is 0 Å². The number of likely N-dealkylation sites (tertiary alicyclic amines) is 1. The summed E-state index contributed by atoms with van der Waals surface area (Å²) in [6.07, 6.45) is 0.172. The Morgan fingerprint density at radius 2 is 1.02 bits per heavy atom. The van der Waals surface area contributed by atoms with E-state index in [-0.39, 0.29) is 71.6 Å². The number of hydrogen-bond acceptors (Lipinski definition) is 9. The SMILES string of the molecule is CN1CC[C@@]2(S(=O)(=O)c3ccc(Cl)cc3)c3c(F)ccc(F)c3OC[C@H]2C1.NN1CC[C@@]2(S(=O)(=O)c3ccc(Cl)cc3)c3c(F)ccc(F)c3OC[C@H]2C1. The number of hydrazine groups is 1. The number of benzene rings is 4. The second-order valence-electron chi connectivity index (χ2n) is 13.9. The van der Waals surface area contributed by atoms with Gasteiger partial charge in [0.15, 0.2) is 42.8 Å². The number of sulfone groups is 2. The molecule has 0 saturated carbocycles. The molecule has 2 N–H and O–H groups in total. The van der Waals surface area contributed by atoms with Crippen LogP contribution in [0.25, 0.3) is 0 Å². The van der Waals surface area contributed by atoms with Gasteiger partial charge in [0, 0.05) is 41.5 Å². The number of ether oxygens (including phenoxy) is 2. The highest BCUT2D eigenvalue weighted by Gasteiger charge is 2.60. The number of nitrogens with zero attached hydrogens (tertiary/aromatic N) is 2. The first-order valence-corrected chi connectivity index (χ1v) is 20.7. The van der Waals surface area contributed by atoms with Crippen LogP contribution in [0.1, 0.15) is 24.0 Å². The van der Waals surface area contributed by atoms with Crippen LogP contribution in [0.15, 0.2) is 82.6 Å². The van der Waals surface area contributed by atoms with E-state index in [0.717, 1.165) is 24.3 Å². The van der Waals surface area contributed by atoms with Crippen molar-refractivity contribution in [3.05, 3.63) is 117 Å². The molecule has 0 aliphatic carbocycles. The molecule has 4 atom stereocenters. The van der Waals surface area contributed by atoms with Crippen molar-refractivity contribution >= 4 is 42.9 Å². The zero-order valence-corrected chi connectivity index (χ0v) is 31.9. The first kappa shape index (κ1) is 38.8. The van der Waals surface area contributed by atoms with E-state index in [9.17, 15) is 34.4 Å². The first-order valence-electron chi connectivity index (χ1n) is 17.0. The van der Waals surface area contributed by atoms with Crippen molar-refractivity contribution < 1.29 is 43.9 Å². The molecule has 4 aliphatic heterocycles. The van der Waals surface area contributed by atoms with Crippen molar-refractivity contribution in [2.75, 3.05) is 46.4 Å². The summed E-state index contributed by atoms with van der Waals surface area (Å²) in [5.41, 5.74) is -0.441. The summed E-state index contributed by atoms with van der Waals surface area (Å²) in [4.78, 5) is 2.02. The standard InChI is InChI=1S/C19H18ClF2NO3S.C18H17ClF2N2O3S/c1-23-9-8-19(27(24,25)14-4-2-13(20)3-5-14)12(10-23)11-26-18-16(22)7-6-15(21)17(18)19;19-12-1-3-13(4-2-12)27(24,25)18-7-8-23(22)9-11(18)10-26-17-15(21)6-5-14(20)16(17)18/h2-7,12H,8-11H2,1H3;1-6,11H,7-10,22H2/t12-,19+;11-,18+/m11/s1. The van der Waals surface area contributed by atoms with Crippen LogP contribution in [0.4, 0.5) is 17.6 Å². The monoisotopic (exact) mass is 827 g/mol. The lowest BCUT2D eigenvalue weighted by molar-refractivity contribution is 0.0690. The summed E-state index contributed by atoms with van der Waals surface area (Å²) >= 11 is 11.8. The molecular formula is C37H35Cl2F4N3O6S2. The highest BCUT2D eigenvalue weighted by molar-refractivity contribution is 7.92. The van der Waals surface area contributed by atoms with Gasteiger partial charge in [-0.15, -0.1) is 0 Å². The highest BCUT2D eigenvalue weighted by Crippen LogP contribution is 2.55. The molecule has 4 aliphatic rings. The second kappa shape index (κ2) is 14.3. The summed E-state index contributed by atoms with van der Waals surface area (Å²) in [5, 5.41) is 2.26. The summed E-state index contributed by atoms with van der Waals surface area (Å²) in [5.74, 6) is 0.959. The fraction of sp³-hybridized carbons (Fsp3) is 0.351. The van der Waals surface area contributed by atoms with Crippen LogP contribution in [0.2, 0.25) is 10.0 Å². The molecule has 4 heterocycles. The third-order valence-corrected chi connectivity index (χ3v) is 16.7. The minimum Gasteiger partial charge on any atom is -0.490 e. The van der Waals surface area contributed by atoms with Gasteiger partial charge in [0.2, 0.25) is 0 Å². The number of fused-ring (bicyclic) bond motifs is 6. The summed E-state index contributed by atoms with van der Waals surface area (Å²) in [6.45, 7) is 1.18. The lowest BCUT2D eigenvalue weighted by atomic mass is 9.77. The molecule has 4 aromatic carbocycles. The fourth-order valence-electron chi connectivity index (χ4n) is 8.37. The summed E-state index contributed by atoms with van der Waals surface area (Å²) in [6, 6.07) is 15.3. The van der Waals surface area contributed by atoms with Crippen molar-refractivity contribution in [3.8, 4) is 11.5 Å². The van der Waals surface area contributed by atoms with Crippen LogP contribution in [0.5, 0.6) is 11.5 Å². The molecule has 288 valence electrons. The van der Waals surface area contributed by atoms with Crippen LogP contribution in [0, 0.1) is 35.1 Å². The van der Waals surface area contributed by atoms with Crippen molar-refractivity contribution in [1.82, 2.24) is 9.91 Å². The highest BCUT2D eigenvalue weighted by atomic mass is 35.5. The Bertz CT molecular complexity index is 2160. The third kappa shape index (κ3) is 6.07. The maximum absolute atomic E-state index is 14.9. The minimum atomic E-state index is -4.10. The predicted octanol–water partition coefficient (Wildman–Crippen LogP) is 6.51. The number of piperidine rings is 2. The Morgan fingerprint density at radius 1 is 0.630 bits per heavy atom. The number of rotatable bonds is 4. The minimum absolute atomic E-state index is 0.00103. The average Bonchev–Trinajstić information content (AvgIpc) is 3.14. The van der Waals surface area contributed by atoms with Crippen LogP contribution in [-0.2, 0) is 29.2 Å². The van der Waals surface area contributed by atoms with E-state index >= 15 is 0 Å². The number of nitrogens with two attached hydrogens (primary N) is 1. The molecule has 8 rings (SSSR count). The smallest absolute Gasteiger partial charge is 0.188 e. The molecule has 4 aromatic rings. The van der Waals surface area contributed by atoms with Crippen molar-refractivity contribution in [2.45, 2.75) is 32.1 Å². The van der Waals surface area contributed by atoms with Gasteiger partial charge in [0.05, 0.1) is 34.1 Å². The van der Waals surface area contributed by atoms with Gasteiger partial charge in [0.1, 0.15) is 21.1 Å². The maximum Gasteiger partial charge on any atom is 0.188 e. The van der Waals surface area contributed by atoms with Gasteiger partial charge in [-0.1, -0.05) is 23.2 Å². The van der Waals surface area contributed by atoms with Crippen LogP contribution in [-0.4, -0.2) is 73.2 Å². The first-order chi connectivity index (χ1) is 25.5. The lowest BCUT2D eigenvalue weighted by Gasteiger charge is -2.49. The molecular weight excluding hydrogens is 793 g/mol. The third-order valence-electron chi connectivity index (χ3n) is 11.0. The predicted molar refractivity (Wildman–Crippen MR) is 194 cm³/mol. The van der Waals surface area contributed by atoms with E-state index in [1.807, 2.05) is 11.9 Å². The maximum atomic E-state index is 14.9. The quantitative estimate of drug-likeness (QED) is 0.182. The van der Waals surface area contributed by atoms with Gasteiger partial charge in [-0.25, -0.2) is 39.4 Å². The topological polar surface area (TPSA) is 119 Å². The number of hydrogen-bond donors (Lipinski definition) is 1. The van der Waals surface area contributed by atoms with Gasteiger partial charge in [-0.3, -0.25) is 5.84 Å². The molecule has 2 saturated heterocycles. The molecule has 0 unspecified atom stereocenters. The van der Waals surface area contributed by atoms with Gasteiger partial charge in [-0.05, 0) is 99.2 Å². The van der Waals surface area contributed by atoms with E-state index in [1.54, 1.807) is 0 Å². The average molecular weight is 829 g/mol. The van der Waals surface area contributed by atoms with Crippen molar-refractivity contribution in [1.29, 1.82) is 0 Å². The molecule has 54 heavy (non-hydrogen) atoms. The molecule has 0 amide bonds. The largest absolute Gasteiger partial charge is 0.490 e. The normalized spacial score (nSPS) is 25.4. The Labute approximate surface area is 320 Å². The molecule has 0 bridgehead atoms. The molecule has 17 heteroatoms. The Kier molecular flexibility index (Phi) is 10.2. The molecule has 9 nitrogen and oxygen atoms in total. The molecule has 2 fully saturated rings. The number of halogens is 6. The Morgan fingerprint density at radius 3 is 1.46 bits per heavy atom.